The van der Waals surface area contributed by atoms with Crippen LogP contribution in [0.4, 0.5) is 0 Å². The second kappa shape index (κ2) is 7.23. The number of carboxylic acids is 1. The molecule has 0 fully saturated rings. The van der Waals surface area contributed by atoms with Crippen molar-refractivity contribution >= 4 is 11.9 Å². The van der Waals surface area contributed by atoms with E-state index in [-0.39, 0.29) is 12.5 Å². The van der Waals surface area contributed by atoms with Crippen molar-refractivity contribution in [1.82, 2.24) is 5.32 Å². The highest BCUT2D eigenvalue weighted by atomic mass is 16.5. The van der Waals surface area contributed by atoms with Gasteiger partial charge in [0.15, 0.2) is 6.10 Å². The molecular formula is C10H19NO4. The third kappa shape index (κ3) is 7.93. The van der Waals surface area contributed by atoms with Crippen LogP contribution in [0.15, 0.2) is 0 Å². The maximum absolute atomic E-state index is 11.1. The predicted octanol–water partition coefficient (Wildman–Crippen LogP) is 0.638. The van der Waals surface area contributed by atoms with Crippen LogP contribution in [0, 0.1) is 5.92 Å². The number of carbonyl (C=O) groups excluding carboxylic acids is 1. The van der Waals surface area contributed by atoms with Gasteiger partial charge in [0, 0.05) is 6.54 Å². The number of hydrogen-bond donors (Lipinski definition) is 2. The molecule has 0 radical (unpaired) electrons. The lowest BCUT2D eigenvalue weighted by atomic mass is 10.1. The molecule has 0 aromatic carbocycles. The molecule has 2 N–H and O–H groups in total. The summed E-state index contributed by atoms with van der Waals surface area (Å²) in [5.74, 6) is -0.808. The van der Waals surface area contributed by atoms with E-state index in [9.17, 15) is 9.59 Å². The van der Waals surface area contributed by atoms with Gasteiger partial charge < -0.3 is 15.2 Å². The SMILES string of the molecule is CC(C)CCNC(=O)COC(C)C(=O)O. The molecule has 0 aliphatic carbocycles. The largest absolute Gasteiger partial charge is 0.479 e. The van der Waals surface area contributed by atoms with Gasteiger partial charge in [-0.05, 0) is 19.3 Å². The first-order valence-corrected chi connectivity index (χ1v) is 5.04. The average molecular weight is 217 g/mol. The van der Waals surface area contributed by atoms with Crippen LogP contribution in [0.3, 0.4) is 0 Å². The number of rotatable bonds is 7. The molecule has 5 nitrogen and oxygen atoms in total. The third-order valence-electron chi connectivity index (χ3n) is 1.86. The fourth-order valence-electron chi connectivity index (χ4n) is 0.823. The van der Waals surface area contributed by atoms with Crippen molar-refractivity contribution in [3.8, 4) is 0 Å². The quantitative estimate of drug-likeness (QED) is 0.656. The van der Waals surface area contributed by atoms with Gasteiger partial charge in [0.1, 0.15) is 6.61 Å². The zero-order valence-electron chi connectivity index (χ0n) is 9.45. The monoisotopic (exact) mass is 217 g/mol. The molecule has 0 aromatic heterocycles. The topological polar surface area (TPSA) is 75.6 Å². The first-order valence-electron chi connectivity index (χ1n) is 5.04. The van der Waals surface area contributed by atoms with Crippen LogP contribution in [0.25, 0.3) is 0 Å². The van der Waals surface area contributed by atoms with Gasteiger partial charge >= 0.3 is 5.97 Å². The lowest BCUT2D eigenvalue weighted by Crippen LogP contribution is -2.32. The van der Waals surface area contributed by atoms with E-state index >= 15 is 0 Å². The van der Waals surface area contributed by atoms with Crippen LogP contribution in [0.2, 0.25) is 0 Å². The Balaban J connectivity index is 3.53. The molecule has 0 bridgehead atoms. The van der Waals surface area contributed by atoms with Crippen molar-refractivity contribution in [2.75, 3.05) is 13.2 Å². The molecule has 0 aromatic rings. The molecule has 5 heteroatoms. The van der Waals surface area contributed by atoms with E-state index in [1.54, 1.807) is 0 Å². The van der Waals surface area contributed by atoms with E-state index in [1.807, 2.05) is 0 Å². The zero-order chi connectivity index (χ0) is 11.8. The van der Waals surface area contributed by atoms with E-state index in [0.29, 0.717) is 12.5 Å². The Bertz CT molecular complexity index is 215. The molecule has 15 heavy (non-hydrogen) atoms. The summed E-state index contributed by atoms with van der Waals surface area (Å²) in [5.41, 5.74) is 0. The van der Waals surface area contributed by atoms with E-state index in [4.69, 9.17) is 9.84 Å². The van der Waals surface area contributed by atoms with Gasteiger partial charge in [0.25, 0.3) is 0 Å². The standard InChI is InChI=1S/C10H19NO4/c1-7(2)4-5-11-9(12)6-15-8(3)10(13)14/h7-8H,4-6H2,1-3H3,(H,11,12)(H,13,14). The second-order valence-corrected chi connectivity index (χ2v) is 3.82. The Hall–Kier alpha value is -1.10. The van der Waals surface area contributed by atoms with Gasteiger partial charge in [0.2, 0.25) is 5.91 Å². The van der Waals surface area contributed by atoms with Gasteiger partial charge in [-0.3, -0.25) is 4.79 Å². The van der Waals surface area contributed by atoms with E-state index in [0.717, 1.165) is 6.42 Å². The summed E-state index contributed by atoms with van der Waals surface area (Å²) in [6, 6.07) is 0. The van der Waals surface area contributed by atoms with Gasteiger partial charge in [-0.25, -0.2) is 4.79 Å². The number of ether oxygens (including phenoxy) is 1. The number of nitrogens with one attached hydrogen (secondary N) is 1. The summed E-state index contributed by atoms with van der Waals surface area (Å²) < 4.78 is 4.81. The molecule has 0 saturated heterocycles. The molecule has 0 aliphatic rings. The van der Waals surface area contributed by atoms with Crippen molar-refractivity contribution in [3.05, 3.63) is 0 Å². The Kier molecular flexibility index (Phi) is 6.70. The fourth-order valence-corrected chi connectivity index (χ4v) is 0.823. The van der Waals surface area contributed by atoms with Crippen molar-refractivity contribution in [3.63, 3.8) is 0 Å². The van der Waals surface area contributed by atoms with Gasteiger partial charge in [0.05, 0.1) is 0 Å². The number of carboxylic acid groups (broad SMARTS) is 1. The minimum Gasteiger partial charge on any atom is -0.479 e. The van der Waals surface area contributed by atoms with Gasteiger partial charge in [-0.1, -0.05) is 13.8 Å². The minimum atomic E-state index is -1.06. The molecule has 0 rings (SSSR count). The molecule has 0 aliphatic heterocycles. The molecule has 1 atom stereocenters. The van der Waals surface area contributed by atoms with Crippen LogP contribution < -0.4 is 5.32 Å². The highest BCUT2D eigenvalue weighted by Crippen LogP contribution is 1.96. The number of aliphatic carboxylic acids is 1. The van der Waals surface area contributed by atoms with Crippen LogP contribution in [0.5, 0.6) is 0 Å². The second-order valence-electron chi connectivity index (χ2n) is 3.82. The Morgan fingerprint density at radius 1 is 1.33 bits per heavy atom. The predicted molar refractivity (Wildman–Crippen MR) is 55.5 cm³/mol. The molecule has 0 spiro atoms. The Labute approximate surface area is 89.8 Å². The minimum absolute atomic E-state index is 0.203. The van der Waals surface area contributed by atoms with E-state index in [1.165, 1.54) is 6.92 Å². The third-order valence-corrected chi connectivity index (χ3v) is 1.86. The Morgan fingerprint density at radius 2 is 1.93 bits per heavy atom. The van der Waals surface area contributed by atoms with Crippen molar-refractivity contribution in [2.45, 2.75) is 33.3 Å². The maximum Gasteiger partial charge on any atom is 0.332 e. The molecule has 0 heterocycles. The molecule has 88 valence electrons. The highest BCUT2D eigenvalue weighted by molar-refractivity contribution is 5.78. The molecular weight excluding hydrogens is 198 g/mol. The van der Waals surface area contributed by atoms with Crippen LogP contribution in [0.1, 0.15) is 27.2 Å². The Morgan fingerprint density at radius 3 is 2.40 bits per heavy atom. The maximum atomic E-state index is 11.1. The lowest BCUT2D eigenvalue weighted by molar-refractivity contribution is -0.150. The van der Waals surface area contributed by atoms with E-state index in [2.05, 4.69) is 19.2 Å². The normalized spacial score (nSPS) is 12.5. The molecule has 0 saturated carbocycles. The van der Waals surface area contributed by atoms with Crippen molar-refractivity contribution < 1.29 is 19.4 Å². The fraction of sp³-hybridized carbons (Fsp3) is 0.800. The lowest BCUT2D eigenvalue weighted by Gasteiger charge is -2.09. The first kappa shape index (κ1) is 13.9. The summed E-state index contributed by atoms with van der Waals surface area (Å²) in [7, 11) is 0. The number of amides is 1. The number of carbonyl (C=O) groups is 2. The van der Waals surface area contributed by atoms with Crippen LogP contribution in [-0.2, 0) is 14.3 Å². The summed E-state index contributed by atoms with van der Waals surface area (Å²) in [6.07, 6.45) is -0.0407. The van der Waals surface area contributed by atoms with Gasteiger partial charge in [-0.2, -0.15) is 0 Å². The van der Waals surface area contributed by atoms with Gasteiger partial charge in [-0.15, -0.1) is 0 Å². The van der Waals surface area contributed by atoms with Crippen LogP contribution >= 0.6 is 0 Å². The van der Waals surface area contributed by atoms with Crippen molar-refractivity contribution in [1.29, 1.82) is 0 Å². The smallest absolute Gasteiger partial charge is 0.332 e. The summed E-state index contributed by atoms with van der Waals surface area (Å²) in [4.78, 5) is 21.5. The first-order chi connectivity index (χ1) is 6.93. The van der Waals surface area contributed by atoms with Crippen molar-refractivity contribution in [2.24, 2.45) is 5.92 Å². The highest BCUT2D eigenvalue weighted by Gasteiger charge is 2.12. The summed E-state index contributed by atoms with van der Waals surface area (Å²) >= 11 is 0. The molecule has 1 unspecified atom stereocenters. The van der Waals surface area contributed by atoms with Crippen LogP contribution in [-0.4, -0.2) is 36.2 Å². The van der Waals surface area contributed by atoms with E-state index < -0.39 is 12.1 Å². The average Bonchev–Trinajstić information content (AvgIpc) is 2.13. The summed E-state index contributed by atoms with van der Waals surface area (Å²) in [5, 5.41) is 11.1. The zero-order valence-corrected chi connectivity index (χ0v) is 9.45. The number of hydrogen-bond acceptors (Lipinski definition) is 3. The summed E-state index contributed by atoms with van der Waals surface area (Å²) in [6.45, 7) is 5.92. The molecule has 1 amide bonds.